The predicted molar refractivity (Wildman–Crippen MR) is 268 cm³/mol. The van der Waals surface area contributed by atoms with Gasteiger partial charge in [0.25, 0.3) is 0 Å². The molecule has 12 heteroatoms. The van der Waals surface area contributed by atoms with E-state index in [2.05, 4.69) is 45.2 Å². The van der Waals surface area contributed by atoms with Crippen LogP contribution in [-0.4, -0.2) is 36.3 Å². The van der Waals surface area contributed by atoms with Crippen LogP contribution in [0.15, 0.2) is 119 Å². The van der Waals surface area contributed by atoms with Crippen LogP contribution in [0, 0.1) is 12.6 Å². The second kappa shape index (κ2) is 21.7. The Morgan fingerprint density at radius 2 is 1.15 bits per heavy atom. The smallest absolute Gasteiger partial charge is 0.342 e. The Morgan fingerprint density at radius 3 is 1.69 bits per heavy atom. The molecule has 1 atom stereocenters. The van der Waals surface area contributed by atoms with Crippen molar-refractivity contribution in [3.63, 3.8) is 0 Å². The van der Waals surface area contributed by atoms with Crippen LogP contribution in [0.4, 0.5) is 0 Å². The van der Waals surface area contributed by atoms with Crippen LogP contribution in [0.2, 0.25) is 0 Å². The first-order chi connectivity index (χ1) is 30.7. The molecule has 346 valence electrons. The Morgan fingerprint density at radius 1 is 0.631 bits per heavy atom. The van der Waals surface area contributed by atoms with E-state index in [0.29, 0.717) is 34.6 Å². The fourth-order valence-corrected chi connectivity index (χ4v) is 8.88. The fourth-order valence-electron chi connectivity index (χ4n) is 7.98. The van der Waals surface area contributed by atoms with E-state index >= 15 is 0 Å². The lowest BCUT2D eigenvalue weighted by Crippen LogP contribution is -2.37. The third-order valence-corrected chi connectivity index (χ3v) is 15.3. The quantitative estimate of drug-likeness (QED) is 0.0181. The molecular weight excluding hydrogens is 1050 g/mol. The maximum atomic E-state index is 14.5. The summed E-state index contributed by atoms with van der Waals surface area (Å²) in [5, 5.41) is 0. The van der Waals surface area contributed by atoms with Gasteiger partial charge in [-0.05, 0) is 198 Å². The lowest BCUT2D eigenvalue weighted by atomic mass is 9.73. The first-order valence-corrected chi connectivity index (χ1v) is 24.1. The molecule has 65 heavy (non-hydrogen) atoms. The molecule has 1 unspecified atom stereocenters. The summed E-state index contributed by atoms with van der Waals surface area (Å²) in [4.78, 5) is 56.1. The largest absolute Gasteiger partial charge is 0.457 e. The molecule has 4 aromatic carbocycles. The van der Waals surface area contributed by atoms with Crippen molar-refractivity contribution in [1.82, 2.24) is 0 Å². The summed E-state index contributed by atoms with van der Waals surface area (Å²) in [6, 6.07) is 28.9. The van der Waals surface area contributed by atoms with Gasteiger partial charge < -0.3 is 28.4 Å². The van der Waals surface area contributed by atoms with Crippen molar-refractivity contribution in [2.24, 2.45) is 5.41 Å². The average Bonchev–Trinajstić information content (AvgIpc) is 3.76. The highest BCUT2D eigenvalue weighted by Gasteiger charge is 2.43. The van der Waals surface area contributed by atoms with Crippen molar-refractivity contribution < 1.29 is 47.6 Å². The molecule has 0 aliphatic heterocycles. The summed E-state index contributed by atoms with van der Waals surface area (Å²) in [7, 11) is 0. The number of ether oxygens (including phenoxy) is 6. The second-order valence-corrected chi connectivity index (χ2v) is 20.0. The number of benzene rings is 4. The van der Waals surface area contributed by atoms with Gasteiger partial charge in [-0.1, -0.05) is 74.5 Å². The lowest BCUT2D eigenvalue weighted by Gasteiger charge is -2.33. The molecule has 1 saturated carbocycles. The van der Waals surface area contributed by atoms with Crippen LogP contribution >= 0.6 is 45.2 Å². The standard InChI is InChI=1S/C53H60I2O10/c1-11-52(10,45(34(3)35(4)46(56)65-53(12-2)29-19-20-30-53)36(5)47(57)63-50(6,7)37-21-15-13-16-22-37)49(59)62-40-27-25-39(26-28-40)60-33-61-44-32-43(55)42(54)31-41(44)48(58)64-51(8,9)38-23-17-14-18-24-38/h13-18,21-28,31-32H,11-12,19-20,29-30,33H2,1-10H3/b35-34+,45-36+. The number of allylic oxidation sites excluding steroid dienone is 1. The number of hydrogen-bond acceptors (Lipinski definition) is 10. The van der Waals surface area contributed by atoms with Crippen LogP contribution in [-0.2, 0) is 39.8 Å². The molecule has 0 spiro atoms. The van der Waals surface area contributed by atoms with Gasteiger partial charge in [0.15, 0.2) is 0 Å². The average molecular weight is 1110 g/mol. The zero-order valence-corrected chi connectivity index (χ0v) is 43.3. The molecule has 0 radical (unpaired) electrons. The van der Waals surface area contributed by atoms with E-state index in [9.17, 15) is 19.2 Å². The van der Waals surface area contributed by atoms with Gasteiger partial charge in [0, 0.05) is 18.3 Å². The first kappa shape index (κ1) is 51.3. The summed E-state index contributed by atoms with van der Waals surface area (Å²) in [6.45, 7) is 17.7. The lowest BCUT2D eigenvalue weighted by molar-refractivity contribution is -0.155. The van der Waals surface area contributed by atoms with Crippen LogP contribution in [0.3, 0.4) is 0 Å². The molecule has 0 amide bonds. The zero-order valence-electron chi connectivity index (χ0n) is 39.0. The number of hydrogen-bond donors (Lipinski definition) is 0. The third kappa shape index (κ3) is 12.4. The summed E-state index contributed by atoms with van der Waals surface area (Å²) >= 11 is 4.34. The summed E-state index contributed by atoms with van der Waals surface area (Å²) < 4.78 is 38.0. The molecule has 0 aromatic heterocycles. The minimum atomic E-state index is -1.41. The summed E-state index contributed by atoms with van der Waals surface area (Å²) in [5.41, 5.74) is -0.692. The first-order valence-electron chi connectivity index (χ1n) is 21.9. The van der Waals surface area contributed by atoms with Crippen molar-refractivity contribution in [1.29, 1.82) is 0 Å². The predicted octanol–water partition coefficient (Wildman–Crippen LogP) is 13.1. The molecule has 4 aromatic rings. The number of halogens is 2. The maximum Gasteiger partial charge on any atom is 0.342 e. The number of esters is 4. The zero-order chi connectivity index (χ0) is 47.7. The number of carbonyl (C=O) groups excluding carboxylic acids is 4. The highest BCUT2D eigenvalue weighted by Crippen LogP contribution is 2.43. The summed E-state index contributed by atoms with van der Waals surface area (Å²) in [5.74, 6) is -1.34. The molecule has 0 bridgehead atoms. The second-order valence-electron chi connectivity index (χ2n) is 17.6. The maximum absolute atomic E-state index is 14.5. The molecule has 1 aliphatic rings. The van der Waals surface area contributed by atoms with E-state index in [1.54, 1.807) is 64.1 Å². The van der Waals surface area contributed by atoms with Crippen LogP contribution < -0.4 is 14.2 Å². The highest BCUT2D eigenvalue weighted by molar-refractivity contribution is 14.1. The van der Waals surface area contributed by atoms with Gasteiger partial charge in [-0.15, -0.1) is 0 Å². The minimum Gasteiger partial charge on any atom is -0.457 e. The van der Waals surface area contributed by atoms with E-state index in [0.717, 1.165) is 44.0 Å². The molecule has 1 aliphatic carbocycles. The van der Waals surface area contributed by atoms with Gasteiger partial charge in [0.05, 0.1) is 5.41 Å². The van der Waals surface area contributed by atoms with Crippen LogP contribution in [0.1, 0.15) is 129 Å². The van der Waals surface area contributed by atoms with Crippen LogP contribution in [0.25, 0.3) is 0 Å². The number of carbonyl (C=O) groups is 4. The van der Waals surface area contributed by atoms with Gasteiger partial charge in [-0.25, -0.2) is 14.4 Å². The molecule has 0 saturated heterocycles. The monoisotopic (exact) mass is 1110 g/mol. The molecule has 0 N–H and O–H groups in total. The molecule has 5 rings (SSSR count). The van der Waals surface area contributed by atoms with E-state index in [4.69, 9.17) is 28.4 Å². The molecule has 1 fully saturated rings. The summed E-state index contributed by atoms with van der Waals surface area (Å²) in [6.07, 6.45) is 4.46. The Balaban J connectivity index is 1.36. The van der Waals surface area contributed by atoms with Crippen molar-refractivity contribution in [3.8, 4) is 17.2 Å². The van der Waals surface area contributed by atoms with Gasteiger partial charge in [-0.2, -0.15) is 0 Å². The van der Waals surface area contributed by atoms with Gasteiger partial charge in [0.2, 0.25) is 6.79 Å². The molecule has 0 heterocycles. The minimum absolute atomic E-state index is 0.175. The topological polar surface area (TPSA) is 124 Å². The third-order valence-electron chi connectivity index (χ3n) is 12.5. The number of rotatable bonds is 18. The van der Waals surface area contributed by atoms with E-state index in [1.165, 1.54) is 0 Å². The van der Waals surface area contributed by atoms with Crippen molar-refractivity contribution in [2.75, 3.05) is 6.79 Å². The van der Waals surface area contributed by atoms with Gasteiger partial charge >= 0.3 is 23.9 Å². The Labute approximate surface area is 411 Å². The van der Waals surface area contributed by atoms with E-state index in [1.807, 2.05) is 102 Å². The normalized spacial score (nSPS) is 15.4. The van der Waals surface area contributed by atoms with Crippen molar-refractivity contribution >= 4 is 69.1 Å². The Bertz CT molecular complexity index is 2410. The van der Waals surface area contributed by atoms with Crippen molar-refractivity contribution in [2.45, 2.75) is 125 Å². The molecular formula is C53H60I2O10. The highest BCUT2D eigenvalue weighted by atomic mass is 127. The molecule has 10 nitrogen and oxygen atoms in total. The Kier molecular flexibility index (Phi) is 17.1. The Hall–Kier alpha value is -4.70. The van der Waals surface area contributed by atoms with Crippen molar-refractivity contribution in [3.05, 3.63) is 143 Å². The van der Waals surface area contributed by atoms with E-state index < -0.39 is 46.1 Å². The van der Waals surface area contributed by atoms with E-state index in [-0.39, 0.29) is 30.1 Å². The van der Waals surface area contributed by atoms with Gasteiger partial charge in [-0.3, -0.25) is 4.79 Å². The SMILES string of the molecule is CCC1(OC(=O)/C(C)=C(C)/C(=C(/C)C(=O)OC(C)(C)c2ccccc2)C(C)(CC)C(=O)Oc2ccc(OCOc3cc(I)c(I)cc3C(=O)OC(C)(C)c3ccccc3)cc2)CCCC1. The fraction of sp³-hybridized carbons (Fsp3) is 0.396. The van der Waals surface area contributed by atoms with Crippen LogP contribution in [0.5, 0.6) is 17.2 Å². The van der Waals surface area contributed by atoms with Gasteiger partial charge in [0.1, 0.15) is 39.6 Å².